The molecule has 1 aromatic carbocycles. The van der Waals surface area contributed by atoms with Gasteiger partial charge in [0, 0.05) is 11.4 Å². The molecule has 1 atom stereocenters. The van der Waals surface area contributed by atoms with E-state index in [9.17, 15) is 9.18 Å². The first-order valence-electron chi connectivity index (χ1n) is 9.23. The molecular weight excluding hydrogens is 379 g/mol. The van der Waals surface area contributed by atoms with Gasteiger partial charge in [0.05, 0.1) is 18.8 Å². The number of carbonyl (C=O) groups excluding carboxylic acids is 1. The van der Waals surface area contributed by atoms with E-state index in [0.717, 1.165) is 35.7 Å². The highest BCUT2D eigenvalue weighted by molar-refractivity contribution is 7.98. The van der Waals surface area contributed by atoms with E-state index >= 15 is 0 Å². The smallest absolute Gasteiger partial charge is 0.358 e. The number of rotatable bonds is 5. The molecule has 1 aliphatic rings. The summed E-state index contributed by atoms with van der Waals surface area (Å²) in [5.74, 6) is 0.0530. The van der Waals surface area contributed by atoms with Gasteiger partial charge in [0.15, 0.2) is 11.3 Å². The number of thioether (sulfide) groups is 1. The number of benzene rings is 1. The minimum absolute atomic E-state index is 0.0427. The molecule has 0 unspecified atom stereocenters. The maximum Gasteiger partial charge on any atom is 0.358 e. The van der Waals surface area contributed by atoms with E-state index in [0.29, 0.717) is 11.3 Å². The van der Waals surface area contributed by atoms with Crippen LogP contribution in [0.1, 0.15) is 41.9 Å². The number of hydrogen-bond donors (Lipinski definition) is 0. The molecule has 6 nitrogen and oxygen atoms in total. The predicted octanol–water partition coefficient (Wildman–Crippen LogP) is 4.11. The van der Waals surface area contributed by atoms with Crippen LogP contribution in [0.4, 0.5) is 10.2 Å². The average Bonchev–Trinajstić information content (AvgIpc) is 3.34. The van der Waals surface area contributed by atoms with Crippen LogP contribution in [0.5, 0.6) is 0 Å². The van der Waals surface area contributed by atoms with Gasteiger partial charge in [0.1, 0.15) is 11.6 Å². The molecule has 3 heterocycles. The van der Waals surface area contributed by atoms with E-state index in [1.165, 1.54) is 22.5 Å². The summed E-state index contributed by atoms with van der Waals surface area (Å²) in [4.78, 5) is 19.5. The van der Waals surface area contributed by atoms with Gasteiger partial charge in [-0.2, -0.15) is 0 Å². The molecule has 1 aliphatic heterocycles. The van der Waals surface area contributed by atoms with Crippen LogP contribution in [0, 0.1) is 5.82 Å². The standard InChI is InChI=1S/C20H21FN4O2S/c1-3-27-20(26)17-12-22-18-6-7-19(23-25(17)18)24-8-4-5-16(24)13-9-14(21)11-15(10-13)28-2/h6-7,9-12,16H,3-5,8H2,1-2H3/t16-/m1/s1. The topological polar surface area (TPSA) is 59.7 Å². The number of carbonyl (C=O) groups is 1. The maximum atomic E-state index is 14.1. The molecule has 4 rings (SSSR count). The summed E-state index contributed by atoms with van der Waals surface area (Å²) in [5, 5.41) is 4.64. The molecule has 1 saturated heterocycles. The number of esters is 1. The first-order valence-corrected chi connectivity index (χ1v) is 10.5. The summed E-state index contributed by atoms with van der Waals surface area (Å²) in [6.45, 7) is 2.87. The predicted molar refractivity (Wildman–Crippen MR) is 106 cm³/mol. The van der Waals surface area contributed by atoms with Gasteiger partial charge in [-0.05, 0) is 61.9 Å². The van der Waals surface area contributed by atoms with Gasteiger partial charge in [-0.25, -0.2) is 18.7 Å². The molecule has 28 heavy (non-hydrogen) atoms. The number of nitrogens with zero attached hydrogens (tertiary/aromatic N) is 4. The fourth-order valence-corrected chi connectivity index (χ4v) is 4.13. The van der Waals surface area contributed by atoms with Crippen molar-refractivity contribution in [2.75, 3.05) is 24.3 Å². The zero-order valence-electron chi connectivity index (χ0n) is 15.8. The van der Waals surface area contributed by atoms with Crippen molar-refractivity contribution in [1.82, 2.24) is 14.6 Å². The Bertz CT molecular complexity index is 1020. The lowest BCUT2D eigenvalue weighted by Gasteiger charge is -2.26. The molecule has 0 saturated carbocycles. The van der Waals surface area contributed by atoms with Gasteiger partial charge in [-0.1, -0.05) is 0 Å². The monoisotopic (exact) mass is 400 g/mol. The molecule has 0 bridgehead atoms. The number of fused-ring (bicyclic) bond motifs is 1. The molecule has 146 valence electrons. The molecule has 0 radical (unpaired) electrons. The Balaban J connectivity index is 1.71. The lowest BCUT2D eigenvalue weighted by molar-refractivity contribution is 0.0517. The van der Waals surface area contributed by atoms with Crippen molar-refractivity contribution in [3.05, 3.63) is 53.6 Å². The molecule has 3 aromatic rings. The minimum atomic E-state index is -0.452. The Kier molecular flexibility index (Phi) is 5.21. The van der Waals surface area contributed by atoms with Gasteiger partial charge in [-0.15, -0.1) is 16.9 Å². The molecule has 0 amide bonds. The fourth-order valence-electron chi connectivity index (χ4n) is 3.64. The quantitative estimate of drug-likeness (QED) is 0.475. The Morgan fingerprint density at radius 1 is 1.36 bits per heavy atom. The lowest BCUT2D eigenvalue weighted by Crippen LogP contribution is -2.24. The first-order chi connectivity index (χ1) is 13.6. The van der Waals surface area contributed by atoms with Crippen molar-refractivity contribution in [2.45, 2.75) is 30.7 Å². The molecule has 0 N–H and O–H groups in total. The van der Waals surface area contributed by atoms with E-state index in [1.807, 2.05) is 24.5 Å². The van der Waals surface area contributed by atoms with Gasteiger partial charge in [0.25, 0.3) is 0 Å². The van der Waals surface area contributed by atoms with Crippen molar-refractivity contribution in [3.63, 3.8) is 0 Å². The molecular formula is C20H21FN4O2S. The summed E-state index contributed by atoms with van der Waals surface area (Å²) in [6.07, 6.45) is 5.33. The molecule has 1 fully saturated rings. The number of ether oxygens (including phenoxy) is 1. The Morgan fingerprint density at radius 3 is 3.00 bits per heavy atom. The normalized spacial score (nSPS) is 16.7. The van der Waals surface area contributed by atoms with Crippen molar-refractivity contribution < 1.29 is 13.9 Å². The van der Waals surface area contributed by atoms with Crippen LogP contribution < -0.4 is 4.90 Å². The summed E-state index contributed by atoms with van der Waals surface area (Å²) in [6, 6.07) is 8.96. The third-order valence-corrected chi connectivity index (χ3v) is 5.60. The number of halogens is 1. The summed E-state index contributed by atoms with van der Waals surface area (Å²) >= 11 is 1.53. The number of imidazole rings is 1. The molecule has 8 heteroatoms. The Labute approximate surface area is 166 Å². The lowest BCUT2D eigenvalue weighted by atomic mass is 10.0. The van der Waals surface area contributed by atoms with Crippen LogP contribution in [0.25, 0.3) is 5.65 Å². The highest BCUT2D eigenvalue weighted by Crippen LogP contribution is 2.36. The second-order valence-corrected chi connectivity index (χ2v) is 7.48. The second-order valence-electron chi connectivity index (χ2n) is 6.60. The van der Waals surface area contributed by atoms with E-state index in [-0.39, 0.29) is 18.5 Å². The Morgan fingerprint density at radius 2 is 2.21 bits per heavy atom. The molecule has 2 aromatic heterocycles. The summed E-state index contributed by atoms with van der Waals surface area (Å²) in [7, 11) is 0. The van der Waals surface area contributed by atoms with Crippen LogP contribution in [0.2, 0.25) is 0 Å². The Hall–Kier alpha value is -2.61. The first kappa shape index (κ1) is 18.7. The SMILES string of the molecule is CCOC(=O)c1cnc2ccc(N3CCC[C@@H]3c3cc(F)cc(SC)c3)nn12. The fraction of sp³-hybridized carbons (Fsp3) is 0.350. The number of hydrogen-bond acceptors (Lipinski definition) is 6. The van der Waals surface area contributed by atoms with Crippen LogP contribution >= 0.6 is 11.8 Å². The van der Waals surface area contributed by atoms with E-state index in [4.69, 9.17) is 4.74 Å². The van der Waals surface area contributed by atoms with Crippen LogP contribution in [0.15, 0.2) is 41.4 Å². The second kappa shape index (κ2) is 7.79. The highest BCUT2D eigenvalue weighted by Gasteiger charge is 2.28. The van der Waals surface area contributed by atoms with Gasteiger partial charge in [-0.3, -0.25) is 0 Å². The third-order valence-electron chi connectivity index (χ3n) is 4.89. The number of aromatic nitrogens is 3. The largest absolute Gasteiger partial charge is 0.461 e. The van der Waals surface area contributed by atoms with Crippen LogP contribution in [-0.4, -0.2) is 40.0 Å². The van der Waals surface area contributed by atoms with Gasteiger partial charge >= 0.3 is 5.97 Å². The minimum Gasteiger partial charge on any atom is -0.461 e. The van der Waals surface area contributed by atoms with Gasteiger partial charge < -0.3 is 9.64 Å². The highest BCUT2D eigenvalue weighted by atomic mass is 32.2. The molecule has 0 aliphatic carbocycles. The average molecular weight is 400 g/mol. The van der Waals surface area contributed by atoms with E-state index in [2.05, 4.69) is 15.0 Å². The van der Waals surface area contributed by atoms with E-state index < -0.39 is 5.97 Å². The molecule has 0 spiro atoms. The van der Waals surface area contributed by atoms with Gasteiger partial charge in [0.2, 0.25) is 0 Å². The summed E-state index contributed by atoms with van der Waals surface area (Å²) in [5.41, 5.74) is 1.82. The summed E-state index contributed by atoms with van der Waals surface area (Å²) < 4.78 is 20.7. The van der Waals surface area contributed by atoms with Crippen molar-refractivity contribution in [2.24, 2.45) is 0 Å². The van der Waals surface area contributed by atoms with Crippen molar-refractivity contribution >= 4 is 29.2 Å². The van der Waals surface area contributed by atoms with Crippen LogP contribution in [-0.2, 0) is 4.74 Å². The van der Waals surface area contributed by atoms with Crippen molar-refractivity contribution in [3.8, 4) is 0 Å². The maximum absolute atomic E-state index is 14.1. The third kappa shape index (κ3) is 3.44. The van der Waals surface area contributed by atoms with E-state index in [1.54, 1.807) is 19.1 Å². The zero-order chi connectivity index (χ0) is 19.7. The number of anilines is 1. The van der Waals surface area contributed by atoms with Crippen LogP contribution in [0.3, 0.4) is 0 Å². The zero-order valence-corrected chi connectivity index (χ0v) is 16.6. The van der Waals surface area contributed by atoms with Crippen molar-refractivity contribution in [1.29, 1.82) is 0 Å².